The molecule has 0 N–H and O–H groups in total. The molecule has 0 aliphatic rings. The van der Waals surface area contributed by atoms with Gasteiger partial charge in [-0.3, -0.25) is 0 Å². The molecule has 1 rings (SSSR count). The Balaban J connectivity index is 0.00000400. The third-order valence-electron chi connectivity index (χ3n) is 2.67. The molecule has 0 amide bonds. The standard InChI is InChI=1S/C11H14BF4O3S.K/c1-8(2)20(17,18)6-5-19-11-7-9(13)3-4-10(11)12(14,15)16;/h3-4,7-8H,5-6H2,1-2H3;/q-1;+1. The Morgan fingerprint density at radius 2 is 1.81 bits per heavy atom. The van der Waals surface area contributed by atoms with Crippen molar-refractivity contribution >= 4 is 22.3 Å². The average molecular weight is 352 g/mol. The van der Waals surface area contributed by atoms with Crippen LogP contribution in [-0.2, 0) is 9.84 Å². The van der Waals surface area contributed by atoms with Gasteiger partial charge in [0.2, 0.25) is 0 Å². The molecule has 0 radical (unpaired) electrons. The van der Waals surface area contributed by atoms with E-state index in [-0.39, 0.29) is 51.4 Å². The van der Waals surface area contributed by atoms with Crippen molar-refractivity contribution in [1.82, 2.24) is 0 Å². The number of hydrogen-bond acceptors (Lipinski definition) is 3. The Morgan fingerprint density at radius 3 is 2.29 bits per heavy atom. The maximum absolute atomic E-state index is 13.0. The first-order chi connectivity index (χ1) is 9.04. The van der Waals surface area contributed by atoms with Crippen molar-refractivity contribution in [3.05, 3.63) is 24.0 Å². The zero-order chi connectivity index (χ0) is 15.6. The van der Waals surface area contributed by atoms with Gasteiger partial charge >= 0.3 is 58.4 Å². The number of halogens is 4. The largest absolute Gasteiger partial charge is 1.00 e. The molecule has 0 aromatic heterocycles. The van der Waals surface area contributed by atoms with E-state index in [0.717, 1.165) is 0 Å². The zero-order valence-electron chi connectivity index (χ0n) is 11.9. The van der Waals surface area contributed by atoms with E-state index in [1.54, 1.807) is 0 Å². The zero-order valence-corrected chi connectivity index (χ0v) is 15.9. The Bertz CT molecular complexity index is 575. The topological polar surface area (TPSA) is 43.4 Å². The fraction of sp³-hybridized carbons (Fsp3) is 0.455. The van der Waals surface area contributed by atoms with Gasteiger partial charge in [0, 0.05) is 6.07 Å². The van der Waals surface area contributed by atoms with Crippen molar-refractivity contribution in [3.63, 3.8) is 0 Å². The fourth-order valence-electron chi connectivity index (χ4n) is 1.41. The van der Waals surface area contributed by atoms with Gasteiger partial charge in [-0.15, -0.1) is 0 Å². The molecule has 114 valence electrons. The molecular weight excluding hydrogens is 338 g/mol. The van der Waals surface area contributed by atoms with E-state index in [1.807, 2.05) is 0 Å². The van der Waals surface area contributed by atoms with Crippen LogP contribution in [0.5, 0.6) is 5.75 Å². The molecule has 0 atom stereocenters. The van der Waals surface area contributed by atoms with Crippen molar-refractivity contribution in [3.8, 4) is 5.75 Å². The minimum atomic E-state index is -5.35. The summed E-state index contributed by atoms with van der Waals surface area (Å²) >= 11 is 0. The number of sulfone groups is 1. The predicted octanol–water partition coefficient (Wildman–Crippen LogP) is -0.914. The van der Waals surface area contributed by atoms with E-state index in [4.69, 9.17) is 4.74 Å². The van der Waals surface area contributed by atoms with E-state index in [0.29, 0.717) is 18.2 Å². The van der Waals surface area contributed by atoms with Crippen molar-refractivity contribution in [2.75, 3.05) is 12.4 Å². The number of rotatable bonds is 6. The smallest absolute Gasteiger partial charge is 0.495 e. The molecule has 0 fully saturated rings. The summed E-state index contributed by atoms with van der Waals surface area (Å²) in [5.74, 6) is -1.99. The molecule has 21 heavy (non-hydrogen) atoms. The van der Waals surface area contributed by atoms with Crippen LogP contribution in [0.3, 0.4) is 0 Å². The molecule has 0 heterocycles. The summed E-state index contributed by atoms with van der Waals surface area (Å²) in [4.78, 5) is 0. The molecular formula is C11H14BF4KO3S. The molecule has 0 saturated heterocycles. The molecule has 0 aliphatic carbocycles. The summed E-state index contributed by atoms with van der Waals surface area (Å²) < 4.78 is 78.9. The Morgan fingerprint density at radius 1 is 1.24 bits per heavy atom. The third-order valence-corrected chi connectivity index (χ3v) is 4.84. The van der Waals surface area contributed by atoms with Crippen LogP contribution in [0.4, 0.5) is 17.3 Å². The van der Waals surface area contributed by atoms with Crippen molar-refractivity contribution in [2.45, 2.75) is 19.1 Å². The molecule has 0 bridgehead atoms. The quantitative estimate of drug-likeness (QED) is 0.492. The third kappa shape index (κ3) is 6.57. The first-order valence-corrected chi connectivity index (χ1v) is 7.59. The summed E-state index contributed by atoms with van der Waals surface area (Å²) in [5, 5.41) is -0.648. The predicted molar refractivity (Wildman–Crippen MR) is 69.5 cm³/mol. The SMILES string of the molecule is CC(C)S(=O)(=O)CCOc1cc(F)ccc1[B-](F)(F)F.[K+]. The van der Waals surface area contributed by atoms with Gasteiger partial charge in [0.15, 0.2) is 9.84 Å². The van der Waals surface area contributed by atoms with E-state index < -0.39 is 51.5 Å². The van der Waals surface area contributed by atoms with Gasteiger partial charge in [-0.25, -0.2) is 12.8 Å². The Hall–Kier alpha value is 0.391. The van der Waals surface area contributed by atoms with Crippen LogP contribution >= 0.6 is 0 Å². The van der Waals surface area contributed by atoms with Gasteiger partial charge in [0.05, 0.1) is 16.8 Å². The second kappa shape index (κ2) is 8.30. The van der Waals surface area contributed by atoms with E-state index >= 15 is 0 Å². The number of hydrogen-bond donors (Lipinski definition) is 0. The van der Waals surface area contributed by atoms with Crippen LogP contribution in [-0.4, -0.2) is 33.0 Å². The van der Waals surface area contributed by atoms with Gasteiger partial charge in [0.25, 0.3) is 0 Å². The van der Waals surface area contributed by atoms with E-state index in [9.17, 15) is 25.8 Å². The summed E-state index contributed by atoms with van der Waals surface area (Å²) in [6, 6.07) is 1.87. The van der Waals surface area contributed by atoms with Crippen LogP contribution in [0.2, 0.25) is 0 Å². The Kier molecular flexibility index (Phi) is 8.46. The second-order valence-electron chi connectivity index (χ2n) is 4.52. The molecule has 0 saturated carbocycles. The minimum absolute atomic E-state index is 0. The molecule has 0 aliphatic heterocycles. The summed E-state index contributed by atoms with van der Waals surface area (Å²) in [6.07, 6.45) is 0. The van der Waals surface area contributed by atoms with Gasteiger partial charge in [-0.1, -0.05) is 11.5 Å². The molecule has 1 aromatic rings. The summed E-state index contributed by atoms with van der Waals surface area (Å²) in [6.45, 7) is -2.89. The first-order valence-electron chi connectivity index (χ1n) is 5.88. The molecule has 3 nitrogen and oxygen atoms in total. The monoisotopic (exact) mass is 352 g/mol. The van der Waals surface area contributed by atoms with Crippen molar-refractivity contribution in [1.29, 1.82) is 0 Å². The summed E-state index contributed by atoms with van der Waals surface area (Å²) in [5.41, 5.74) is -1.08. The van der Waals surface area contributed by atoms with Crippen LogP contribution < -0.4 is 61.6 Å². The van der Waals surface area contributed by atoms with Crippen molar-refractivity contribution < 1.29 is 81.9 Å². The van der Waals surface area contributed by atoms with Crippen LogP contribution in [0.1, 0.15) is 13.8 Å². The minimum Gasteiger partial charge on any atom is -0.495 e. The van der Waals surface area contributed by atoms with Gasteiger partial charge < -0.3 is 17.7 Å². The van der Waals surface area contributed by atoms with Crippen LogP contribution in [0.25, 0.3) is 0 Å². The number of ether oxygens (including phenoxy) is 1. The van der Waals surface area contributed by atoms with Gasteiger partial charge in [-0.2, -0.15) is 0 Å². The van der Waals surface area contributed by atoms with Crippen LogP contribution in [0, 0.1) is 5.82 Å². The Labute approximate surface area is 163 Å². The van der Waals surface area contributed by atoms with E-state index in [1.165, 1.54) is 13.8 Å². The molecule has 0 unspecified atom stereocenters. The molecule has 1 aromatic carbocycles. The van der Waals surface area contributed by atoms with Gasteiger partial charge in [-0.05, 0) is 19.9 Å². The number of benzene rings is 1. The van der Waals surface area contributed by atoms with Crippen LogP contribution in [0.15, 0.2) is 18.2 Å². The average Bonchev–Trinajstić information content (AvgIpc) is 2.26. The summed E-state index contributed by atoms with van der Waals surface area (Å²) in [7, 11) is -3.42. The maximum atomic E-state index is 13.0. The normalized spacial score (nSPS) is 12.1. The molecule has 10 heteroatoms. The maximum Gasteiger partial charge on any atom is 1.00 e. The second-order valence-corrected chi connectivity index (χ2v) is 7.20. The first kappa shape index (κ1) is 21.4. The van der Waals surface area contributed by atoms with Gasteiger partial charge in [0.1, 0.15) is 12.4 Å². The molecule has 0 spiro atoms. The van der Waals surface area contributed by atoms with E-state index in [2.05, 4.69) is 0 Å². The fourth-order valence-corrected chi connectivity index (χ4v) is 2.19. The van der Waals surface area contributed by atoms with Crippen molar-refractivity contribution in [2.24, 2.45) is 0 Å².